The maximum absolute atomic E-state index is 12.0. The minimum atomic E-state index is -0.517. The summed E-state index contributed by atoms with van der Waals surface area (Å²) < 4.78 is 10.4. The van der Waals surface area contributed by atoms with E-state index in [9.17, 15) is 9.90 Å². The summed E-state index contributed by atoms with van der Waals surface area (Å²) >= 11 is 0. The van der Waals surface area contributed by atoms with Crippen molar-refractivity contribution in [2.75, 3.05) is 20.3 Å². The van der Waals surface area contributed by atoms with Crippen LogP contribution in [0.15, 0.2) is 0 Å². The number of aliphatic hydroxyl groups excluding tert-OH is 1. The van der Waals surface area contributed by atoms with E-state index in [2.05, 4.69) is 0 Å². The Morgan fingerprint density at radius 2 is 2.06 bits per heavy atom. The topological polar surface area (TPSA) is 59.0 Å². The molecule has 0 spiro atoms. The second-order valence-corrected chi connectivity index (χ2v) is 5.47. The van der Waals surface area contributed by atoms with Crippen molar-refractivity contribution < 1.29 is 19.4 Å². The summed E-state index contributed by atoms with van der Waals surface area (Å²) in [5.41, 5.74) is -0.517. The van der Waals surface area contributed by atoms with Gasteiger partial charge in [-0.15, -0.1) is 0 Å². The van der Waals surface area contributed by atoms with E-state index < -0.39 is 11.7 Å². The van der Waals surface area contributed by atoms with Gasteiger partial charge in [0.1, 0.15) is 5.60 Å². The molecule has 1 fully saturated rings. The Bertz CT molecular complexity index is 262. The Kier molecular flexibility index (Phi) is 4.77. The normalized spacial score (nSPS) is 25.8. The summed E-state index contributed by atoms with van der Waals surface area (Å²) in [4.78, 5) is 13.6. The molecule has 0 aromatic heterocycles. The highest BCUT2D eigenvalue weighted by Crippen LogP contribution is 2.20. The molecule has 1 aliphatic rings. The fraction of sp³-hybridized carbons (Fsp3) is 0.917. The highest BCUT2D eigenvalue weighted by atomic mass is 16.6. The van der Waals surface area contributed by atoms with Gasteiger partial charge in [-0.2, -0.15) is 0 Å². The van der Waals surface area contributed by atoms with E-state index in [1.54, 1.807) is 12.0 Å². The molecule has 1 heterocycles. The van der Waals surface area contributed by atoms with E-state index in [1.807, 2.05) is 20.8 Å². The van der Waals surface area contributed by atoms with Crippen LogP contribution in [0, 0.1) is 0 Å². The lowest BCUT2D eigenvalue weighted by atomic mass is 10.0. The van der Waals surface area contributed by atoms with Gasteiger partial charge in [-0.3, -0.25) is 0 Å². The fourth-order valence-corrected chi connectivity index (χ4v) is 1.92. The van der Waals surface area contributed by atoms with Crippen LogP contribution < -0.4 is 0 Å². The molecule has 0 bridgehead atoms. The van der Waals surface area contributed by atoms with E-state index >= 15 is 0 Å². The number of amides is 1. The summed E-state index contributed by atoms with van der Waals surface area (Å²) in [6, 6.07) is -0.00162. The number of aliphatic hydroxyl groups is 1. The van der Waals surface area contributed by atoms with Crippen molar-refractivity contribution in [1.29, 1.82) is 0 Å². The number of ether oxygens (including phenoxy) is 2. The van der Waals surface area contributed by atoms with Crippen molar-refractivity contribution in [3.05, 3.63) is 0 Å². The van der Waals surface area contributed by atoms with E-state index in [4.69, 9.17) is 9.47 Å². The molecule has 5 nitrogen and oxygen atoms in total. The number of hydrogen-bond acceptors (Lipinski definition) is 4. The highest BCUT2D eigenvalue weighted by Gasteiger charge is 2.33. The Hall–Kier alpha value is -0.810. The zero-order chi connectivity index (χ0) is 13.1. The molecule has 1 rings (SSSR count). The molecular formula is C12H23NO4. The number of carbonyl (C=O) groups excluding carboxylic acids is 1. The van der Waals surface area contributed by atoms with Gasteiger partial charge in [-0.25, -0.2) is 4.79 Å². The van der Waals surface area contributed by atoms with Crippen LogP contribution in [-0.2, 0) is 9.47 Å². The third-order valence-corrected chi connectivity index (χ3v) is 2.67. The van der Waals surface area contributed by atoms with E-state index in [1.165, 1.54) is 0 Å². The Balaban J connectivity index is 2.65. The first-order valence-electron chi connectivity index (χ1n) is 6.00. The van der Waals surface area contributed by atoms with Crippen molar-refractivity contribution in [2.45, 2.75) is 51.4 Å². The number of rotatable bonds is 2. The van der Waals surface area contributed by atoms with E-state index in [0.717, 1.165) is 6.42 Å². The fourth-order valence-electron chi connectivity index (χ4n) is 1.92. The second kappa shape index (κ2) is 5.69. The summed E-state index contributed by atoms with van der Waals surface area (Å²) in [7, 11) is 1.61. The van der Waals surface area contributed by atoms with Gasteiger partial charge in [-0.1, -0.05) is 0 Å². The number of likely N-dealkylation sites (tertiary alicyclic amines) is 1. The molecule has 17 heavy (non-hydrogen) atoms. The molecule has 100 valence electrons. The molecule has 2 unspecified atom stereocenters. The standard InChI is InChI=1S/C12H23NO4/c1-12(2,3)17-11(15)13-7-10(14)6-5-9(13)8-16-4/h9-10,14H,5-8H2,1-4H3. The first-order chi connectivity index (χ1) is 7.83. The monoisotopic (exact) mass is 245 g/mol. The molecular weight excluding hydrogens is 222 g/mol. The molecule has 0 radical (unpaired) electrons. The van der Waals surface area contributed by atoms with Crippen LogP contribution in [0.1, 0.15) is 33.6 Å². The third kappa shape index (κ3) is 4.52. The molecule has 1 aliphatic heterocycles. The van der Waals surface area contributed by atoms with Crippen LogP contribution in [0.5, 0.6) is 0 Å². The van der Waals surface area contributed by atoms with Crippen LogP contribution in [-0.4, -0.2) is 54.1 Å². The van der Waals surface area contributed by atoms with Crippen molar-refractivity contribution in [3.8, 4) is 0 Å². The van der Waals surface area contributed by atoms with Gasteiger partial charge in [-0.05, 0) is 33.6 Å². The summed E-state index contributed by atoms with van der Waals surface area (Å²) in [6.07, 6.45) is 0.607. The van der Waals surface area contributed by atoms with Crippen molar-refractivity contribution in [2.24, 2.45) is 0 Å². The zero-order valence-corrected chi connectivity index (χ0v) is 11.1. The maximum Gasteiger partial charge on any atom is 0.410 e. The van der Waals surface area contributed by atoms with Crippen molar-refractivity contribution in [1.82, 2.24) is 4.90 Å². The number of piperidine rings is 1. The first kappa shape index (κ1) is 14.3. The molecule has 0 aliphatic carbocycles. The average molecular weight is 245 g/mol. The lowest BCUT2D eigenvalue weighted by Gasteiger charge is -2.38. The van der Waals surface area contributed by atoms with Crippen LogP contribution in [0.2, 0.25) is 0 Å². The summed E-state index contributed by atoms with van der Waals surface area (Å²) in [6.45, 7) is 6.29. The molecule has 0 aromatic rings. The van der Waals surface area contributed by atoms with E-state index in [-0.39, 0.29) is 12.1 Å². The van der Waals surface area contributed by atoms with Gasteiger partial charge >= 0.3 is 6.09 Å². The average Bonchev–Trinajstić information content (AvgIpc) is 2.18. The molecule has 2 atom stereocenters. The zero-order valence-electron chi connectivity index (χ0n) is 11.1. The van der Waals surface area contributed by atoms with Gasteiger partial charge in [0.15, 0.2) is 0 Å². The Morgan fingerprint density at radius 3 is 2.59 bits per heavy atom. The maximum atomic E-state index is 12.0. The number of carbonyl (C=O) groups is 1. The third-order valence-electron chi connectivity index (χ3n) is 2.67. The molecule has 0 aromatic carbocycles. The largest absolute Gasteiger partial charge is 0.444 e. The number of methoxy groups -OCH3 is 1. The van der Waals surface area contributed by atoms with Gasteiger partial charge < -0.3 is 19.5 Å². The predicted octanol–water partition coefficient (Wildman–Crippen LogP) is 1.39. The number of β-amino-alcohol motifs (C(OH)–C–C–N with tert-alkyl or cyclic N) is 1. The molecule has 1 saturated heterocycles. The predicted molar refractivity (Wildman–Crippen MR) is 63.8 cm³/mol. The van der Waals surface area contributed by atoms with Crippen LogP contribution in [0.25, 0.3) is 0 Å². The van der Waals surface area contributed by atoms with E-state index in [0.29, 0.717) is 19.6 Å². The lowest BCUT2D eigenvalue weighted by molar-refractivity contribution is -0.0264. The van der Waals surface area contributed by atoms with Gasteiger partial charge in [0.05, 0.1) is 25.3 Å². The Morgan fingerprint density at radius 1 is 1.41 bits per heavy atom. The number of hydrogen-bond donors (Lipinski definition) is 1. The number of nitrogens with zero attached hydrogens (tertiary/aromatic N) is 1. The summed E-state index contributed by atoms with van der Waals surface area (Å²) in [5, 5.41) is 9.62. The summed E-state index contributed by atoms with van der Waals surface area (Å²) in [5.74, 6) is 0. The molecule has 1 N–H and O–H groups in total. The Labute approximate surface area is 103 Å². The minimum absolute atomic E-state index is 0.00162. The minimum Gasteiger partial charge on any atom is -0.444 e. The van der Waals surface area contributed by atoms with Crippen molar-refractivity contribution >= 4 is 6.09 Å². The van der Waals surface area contributed by atoms with Crippen molar-refractivity contribution in [3.63, 3.8) is 0 Å². The molecule has 5 heteroatoms. The lowest BCUT2D eigenvalue weighted by Crippen LogP contribution is -2.52. The second-order valence-electron chi connectivity index (χ2n) is 5.47. The molecule has 0 saturated carbocycles. The first-order valence-corrected chi connectivity index (χ1v) is 6.00. The smallest absolute Gasteiger partial charge is 0.410 e. The highest BCUT2D eigenvalue weighted by molar-refractivity contribution is 5.68. The SMILES string of the molecule is COCC1CCC(O)CN1C(=O)OC(C)(C)C. The van der Waals surface area contributed by atoms with Gasteiger partial charge in [0.2, 0.25) is 0 Å². The quantitative estimate of drug-likeness (QED) is 0.798. The van der Waals surface area contributed by atoms with Crippen LogP contribution in [0.3, 0.4) is 0 Å². The van der Waals surface area contributed by atoms with Crippen LogP contribution in [0.4, 0.5) is 4.79 Å². The van der Waals surface area contributed by atoms with Gasteiger partial charge in [0.25, 0.3) is 0 Å². The van der Waals surface area contributed by atoms with Crippen LogP contribution >= 0.6 is 0 Å². The molecule has 1 amide bonds. The van der Waals surface area contributed by atoms with Gasteiger partial charge in [0, 0.05) is 7.11 Å².